The maximum absolute atomic E-state index is 13.0. The van der Waals surface area contributed by atoms with E-state index >= 15 is 0 Å². The zero-order valence-electron chi connectivity index (χ0n) is 18.4. The van der Waals surface area contributed by atoms with Gasteiger partial charge in [0, 0.05) is 21.9 Å². The number of carbonyl (C=O) groups is 1. The van der Waals surface area contributed by atoms with Crippen molar-refractivity contribution < 1.29 is 14.3 Å². The number of nitrogen functional groups attached to an aromatic ring is 1. The van der Waals surface area contributed by atoms with Crippen LogP contribution < -0.4 is 20.5 Å². The number of aromatic nitrogens is 2. The number of ether oxygens (including phenoxy) is 2. The van der Waals surface area contributed by atoms with Crippen molar-refractivity contribution >= 4 is 49.6 Å². The molecule has 9 heteroatoms. The summed E-state index contributed by atoms with van der Waals surface area (Å²) in [6.45, 7) is 0. The number of benzene rings is 2. The molecule has 0 saturated carbocycles. The van der Waals surface area contributed by atoms with E-state index in [-0.39, 0.29) is 5.91 Å². The number of amides is 1. The van der Waals surface area contributed by atoms with Crippen molar-refractivity contribution in [2.24, 2.45) is 0 Å². The average Bonchev–Trinajstić information content (AvgIpc) is 3.48. The topological polar surface area (TPSA) is 99.4 Å². The number of anilines is 2. The molecule has 7 nitrogen and oxygen atoms in total. The summed E-state index contributed by atoms with van der Waals surface area (Å²) in [5, 5.41) is 5.98. The molecule has 0 unspecified atom stereocenters. The van der Waals surface area contributed by atoms with E-state index in [2.05, 4.69) is 10.3 Å². The maximum Gasteiger partial charge on any atom is 0.269 e. The van der Waals surface area contributed by atoms with E-state index in [1.165, 1.54) is 22.7 Å². The number of methoxy groups -OCH3 is 2. The number of pyridine rings is 1. The Morgan fingerprint density at radius 2 is 1.71 bits per heavy atom. The summed E-state index contributed by atoms with van der Waals surface area (Å²) in [4.78, 5) is 23.4. The molecule has 5 rings (SSSR count). The van der Waals surface area contributed by atoms with E-state index in [9.17, 15) is 4.79 Å². The van der Waals surface area contributed by atoms with Crippen LogP contribution in [0.4, 0.5) is 10.8 Å². The average molecular weight is 489 g/mol. The molecular weight excluding hydrogens is 468 g/mol. The first kappa shape index (κ1) is 21.9. The van der Waals surface area contributed by atoms with Gasteiger partial charge in [0.15, 0.2) is 16.6 Å². The third kappa shape index (κ3) is 4.07. The standard InChI is InChI=1S/C25H20N4O3S2/c1-31-19-11-8-15(12-20(19)32-2)18-13-33-25(28-18)29-23(30)22-21(26)16-9-10-17(27-24(16)34-22)14-6-4-3-5-7-14/h3-13H,26H2,1-2H3,(H,28,29,30). The molecule has 0 bridgehead atoms. The number of thiophene rings is 1. The molecule has 0 fully saturated rings. The molecule has 0 aliphatic rings. The highest BCUT2D eigenvalue weighted by molar-refractivity contribution is 7.21. The molecule has 0 spiro atoms. The first-order valence-corrected chi connectivity index (χ1v) is 12.0. The van der Waals surface area contributed by atoms with Crippen LogP contribution in [0.5, 0.6) is 11.5 Å². The molecule has 3 aromatic heterocycles. The summed E-state index contributed by atoms with van der Waals surface area (Å²) in [7, 11) is 3.17. The molecule has 1 amide bonds. The van der Waals surface area contributed by atoms with Gasteiger partial charge in [0.1, 0.15) is 9.71 Å². The minimum absolute atomic E-state index is 0.310. The first-order chi connectivity index (χ1) is 16.6. The van der Waals surface area contributed by atoms with Crippen molar-refractivity contribution in [2.75, 3.05) is 25.3 Å². The largest absolute Gasteiger partial charge is 0.493 e. The third-order valence-electron chi connectivity index (χ3n) is 5.27. The van der Waals surface area contributed by atoms with E-state index in [4.69, 9.17) is 20.2 Å². The Bertz CT molecular complexity index is 1500. The highest BCUT2D eigenvalue weighted by Crippen LogP contribution is 2.36. The van der Waals surface area contributed by atoms with Crippen LogP contribution >= 0.6 is 22.7 Å². The van der Waals surface area contributed by atoms with E-state index < -0.39 is 0 Å². The van der Waals surface area contributed by atoms with Crippen LogP contribution in [0.25, 0.3) is 32.7 Å². The number of thiazole rings is 1. The number of carbonyl (C=O) groups excluding carboxylic acids is 1. The molecule has 0 saturated heterocycles. The Hall–Kier alpha value is -3.95. The molecule has 0 radical (unpaired) electrons. The fourth-order valence-electron chi connectivity index (χ4n) is 3.55. The van der Waals surface area contributed by atoms with E-state index in [0.29, 0.717) is 32.0 Å². The van der Waals surface area contributed by atoms with Crippen molar-refractivity contribution in [3.8, 4) is 34.0 Å². The van der Waals surface area contributed by atoms with Crippen LogP contribution in [0.2, 0.25) is 0 Å². The van der Waals surface area contributed by atoms with Crippen molar-refractivity contribution in [1.82, 2.24) is 9.97 Å². The second kappa shape index (κ2) is 9.12. The summed E-state index contributed by atoms with van der Waals surface area (Å²) < 4.78 is 10.7. The number of hydrogen-bond acceptors (Lipinski definition) is 8. The van der Waals surface area contributed by atoms with Gasteiger partial charge in [-0.3, -0.25) is 10.1 Å². The third-order valence-corrected chi connectivity index (χ3v) is 7.15. The van der Waals surface area contributed by atoms with Crippen LogP contribution in [0, 0.1) is 0 Å². The van der Waals surface area contributed by atoms with Gasteiger partial charge in [0.2, 0.25) is 0 Å². The molecular formula is C25H20N4O3S2. The molecule has 5 aromatic rings. The summed E-state index contributed by atoms with van der Waals surface area (Å²) in [6.07, 6.45) is 0. The molecule has 0 atom stereocenters. The Balaban J connectivity index is 1.39. The van der Waals surface area contributed by atoms with Gasteiger partial charge in [-0.15, -0.1) is 22.7 Å². The van der Waals surface area contributed by atoms with Gasteiger partial charge in [0.05, 0.1) is 31.3 Å². The van der Waals surface area contributed by atoms with Crippen molar-refractivity contribution in [1.29, 1.82) is 0 Å². The zero-order valence-corrected chi connectivity index (χ0v) is 20.0. The molecule has 3 N–H and O–H groups in total. The number of rotatable bonds is 6. The predicted octanol–water partition coefficient (Wildman–Crippen LogP) is 5.94. The van der Waals surface area contributed by atoms with Crippen molar-refractivity contribution in [3.05, 3.63) is 70.9 Å². The minimum atomic E-state index is -0.310. The summed E-state index contributed by atoms with van der Waals surface area (Å²) >= 11 is 2.61. The van der Waals surface area contributed by atoms with Crippen LogP contribution in [0.3, 0.4) is 0 Å². The lowest BCUT2D eigenvalue weighted by Gasteiger charge is -2.08. The first-order valence-electron chi connectivity index (χ1n) is 10.3. The normalized spacial score (nSPS) is 10.9. The van der Waals surface area contributed by atoms with Crippen LogP contribution in [-0.2, 0) is 0 Å². The predicted molar refractivity (Wildman–Crippen MR) is 138 cm³/mol. The summed E-state index contributed by atoms with van der Waals surface area (Å²) in [5.41, 5.74) is 10.1. The summed E-state index contributed by atoms with van der Waals surface area (Å²) in [6, 6.07) is 19.3. The quantitative estimate of drug-likeness (QED) is 0.307. The second-order valence-electron chi connectivity index (χ2n) is 7.32. The Kier molecular flexibility index (Phi) is 5.87. The SMILES string of the molecule is COc1ccc(-c2csc(NC(=O)c3sc4nc(-c5ccccc5)ccc4c3N)n2)cc1OC. The number of nitrogens with zero attached hydrogens (tertiary/aromatic N) is 2. The van der Waals surface area contributed by atoms with Gasteiger partial charge in [0.25, 0.3) is 5.91 Å². The highest BCUT2D eigenvalue weighted by atomic mass is 32.1. The highest BCUT2D eigenvalue weighted by Gasteiger charge is 2.19. The smallest absolute Gasteiger partial charge is 0.269 e. The number of hydrogen-bond donors (Lipinski definition) is 2. The fraction of sp³-hybridized carbons (Fsp3) is 0.0800. The monoisotopic (exact) mass is 488 g/mol. The zero-order chi connectivity index (χ0) is 23.7. The summed E-state index contributed by atoms with van der Waals surface area (Å²) in [5.74, 6) is 0.938. The minimum Gasteiger partial charge on any atom is -0.493 e. The van der Waals surface area contributed by atoms with Gasteiger partial charge in [-0.2, -0.15) is 0 Å². The van der Waals surface area contributed by atoms with E-state index in [1.807, 2.05) is 66.0 Å². The van der Waals surface area contributed by atoms with Gasteiger partial charge >= 0.3 is 0 Å². The Morgan fingerprint density at radius 3 is 2.47 bits per heavy atom. The van der Waals surface area contributed by atoms with Crippen LogP contribution in [-0.4, -0.2) is 30.1 Å². The van der Waals surface area contributed by atoms with Crippen molar-refractivity contribution in [3.63, 3.8) is 0 Å². The Labute approximate surface area is 203 Å². The molecule has 170 valence electrons. The lowest BCUT2D eigenvalue weighted by Crippen LogP contribution is -2.11. The molecule has 0 aliphatic carbocycles. The van der Waals surface area contributed by atoms with E-state index in [0.717, 1.165) is 27.9 Å². The molecule has 0 aliphatic heterocycles. The molecule has 3 heterocycles. The fourth-order valence-corrected chi connectivity index (χ4v) is 5.25. The number of nitrogens with two attached hydrogens (primary N) is 1. The van der Waals surface area contributed by atoms with Gasteiger partial charge in [-0.1, -0.05) is 30.3 Å². The molecule has 2 aromatic carbocycles. The van der Waals surface area contributed by atoms with Crippen molar-refractivity contribution in [2.45, 2.75) is 0 Å². The second-order valence-corrected chi connectivity index (χ2v) is 9.18. The van der Waals surface area contributed by atoms with Gasteiger partial charge in [-0.05, 0) is 30.3 Å². The van der Waals surface area contributed by atoms with E-state index in [1.54, 1.807) is 14.2 Å². The lowest BCUT2D eigenvalue weighted by atomic mass is 10.1. The van der Waals surface area contributed by atoms with Crippen LogP contribution in [0.1, 0.15) is 9.67 Å². The Morgan fingerprint density at radius 1 is 0.912 bits per heavy atom. The molecule has 34 heavy (non-hydrogen) atoms. The van der Waals surface area contributed by atoms with Gasteiger partial charge in [-0.25, -0.2) is 9.97 Å². The van der Waals surface area contributed by atoms with Crippen LogP contribution in [0.15, 0.2) is 66.0 Å². The van der Waals surface area contributed by atoms with Gasteiger partial charge < -0.3 is 15.2 Å². The number of fused-ring (bicyclic) bond motifs is 1. The maximum atomic E-state index is 13.0. The lowest BCUT2D eigenvalue weighted by molar-refractivity contribution is 0.103. The number of nitrogens with one attached hydrogen (secondary N) is 1.